The smallest absolute Gasteiger partial charge is 0.194 e. The minimum Gasteiger partial charge on any atom is -0.394 e. The molecule has 1 unspecified atom stereocenters. The molecule has 1 atom stereocenters. The lowest BCUT2D eigenvalue weighted by Crippen LogP contribution is -2.40. The van der Waals surface area contributed by atoms with Crippen molar-refractivity contribution in [2.24, 2.45) is 0 Å². The van der Waals surface area contributed by atoms with E-state index in [9.17, 15) is 15.0 Å². The molecule has 1 saturated carbocycles. The summed E-state index contributed by atoms with van der Waals surface area (Å²) in [6, 6.07) is 6.90. The third-order valence-corrected chi connectivity index (χ3v) is 4.00. The maximum absolute atomic E-state index is 12.4. The quantitative estimate of drug-likeness (QED) is 0.713. The maximum atomic E-state index is 12.4. The Morgan fingerprint density at radius 1 is 1.15 bits per heavy atom. The second-order valence-corrected chi connectivity index (χ2v) is 5.66. The van der Waals surface area contributed by atoms with Gasteiger partial charge in [0.05, 0.1) is 12.7 Å². The molecule has 4 heteroatoms. The predicted molar refractivity (Wildman–Crippen MR) is 75.6 cm³/mol. The number of carbonyl (C=O) groups is 1. The highest BCUT2D eigenvalue weighted by Gasteiger charge is 2.37. The third kappa shape index (κ3) is 3.45. The summed E-state index contributed by atoms with van der Waals surface area (Å²) in [5.41, 5.74) is 0.167. The number of Topliss-reactive ketones (excluding diaryl/α,β-unsaturated/α-hetero) is 1. The summed E-state index contributed by atoms with van der Waals surface area (Å²) in [6.07, 6.45) is 3.52. The van der Waals surface area contributed by atoms with Crippen LogP contribution in [0.5, 0.6) is 0 Å². The molecule has 0 radical (unpaired) electrons. The normalized spacial score (nSPS) is 19.6. The second kappa shape index (κ2) is 6.48. The lowest BCUT2D eigenvalue weighted by atomic mass is 9.79. The Morgan fingerprint density at radius 3 is 2.30 bits per heavy atom. The van der Waals surface area contributed by atoms with Crippen molar-refractivity contribution in [1.29, 1.82) is 0 Å². The number of aliphatic hydroxyl groups excluding tert-OH is 2. The van der Waals surface area contributed by atoms with E-state index in [1.807, 2.05) is 0 Å². The number of carbonyl (C=O) groups excluding carboxylic acids is 1. The zero-order valence-corrected chi connectivity index (χ0v) is 11.6. The van der Waals surface area contributed by atoms with Gasteiger partial charge in [-0.1, -0.05) is 43.5 Å². The monoisotopic (exact) mass is 278 g/mol. The first-order valence-corrected chi connectivity index (χ1v) is 7.20. The van der Waals surface area contributed by atoms with Crippen LogP contribution in [0.4, 0.5) is 0 Å². The molecule has 0 saturated heterocycles. The Kier molecular flexibility index (Phi) is 4.91. The van der Waals surface area contributed by atoms with Gasteiger partial charge in [0.25, 0.3) is 0 Å². The first kappa shape index (κ1) is 15.2. The van der Waals surface area contributed by atoms with E-state index in [2.05, 4.69) is 0 Å². The summed E-state index contributed by atoms with van der Waals surface area (Å²) in [5, 5.41) is 28.6. The molecule has 1 aliphatic carbocycles. The van der Waals surface area contributed by atoms with Gasteiger partial charge in [0.15, 0.2) is 5.78 Å². The van der Waals surface area contributed by atoms with Crippen molar-refractivity contribution in [2.75, 3.05) is 6.61 Å². The van der Waals surface area contributed by atoms with Gasteiger partial charge in [-0.25, -0.2) is 0 Å². The summed E-state index contributed by atoms with van der Waals surface area (Å²) in [6.45, 7) is -0.277. The molecular weight excluding hydrogens is 256 g/mol. The van der Waals surface area contributed by atoms with Gasteiger partial charge in [-0.2, -0.15) is 0 Å². The number of ketones is 1. The van der Waals surface area contributed by atoms with Crippen molar-refractivity contribution in [3.8, 4) is 0 Å². The molecule has 0 aromatic heterocycles. The lowest BCUT2D eigenvalue weighted by molar-refractivity contribution is 0.0116. The van der Waals surface area contributed by atoms with E-state index in [1.165, 1.54) is 0 Å². The van der Waals surface area contributed by atoms with Crippen LogP contribution in [0.15, 0.2) is 24.3 Å². The van der Waals surface area contributed by atoms with Crippen molar-refractivity contribution in [3.05, 3.63) is 35.4 Å². The van der Waals surface area contributed by atoms with Crippen LogP contribution < -0.4 is 0 Å². The largest absolute Gasteiger partial charge is 0.394 e. The Morgan fingerprint density at radius 2 is 1.75 bits per heavy atom. The number of rotatable bonds is 5. The summed E-state index contributed by atoms with van der Waals surface area (Å²) < 4.78 is 0. The van der Waals surface area contributed by atoms with Crippen LogP contribution >= 0.6 is 0 Å². The molecule has 1 aromatic rings. The average molecular weight is 278 g/mol. The van der Waals surface area contributed by atoms with Crippen LogP contribution in [0.2, 0.25) is 0 Å². The van der Waals surface area contributed by atoms with Crippen LogP contribution in [-0.4, -0.2) is 39.4 Å². The summed E-state index contributed by atoms with van der Waals surface area (Å²) >= 11 is 0. The Hall–Kier alpha value is -1.23. The molecule has 1 aliphatic rings. The predicted octanol–water partition coefficient (Wildman–Crippen LogP) is 1.46. The van der Waals surface area contributed by atoms with Gasteiger partial charge in [0.2, 0.25) is 0 Å². The molecule has 1 aromatic carbocycles. The Bertz CT molecular complexity index is 446. The van der Waals surface area contributed by atoms with E-state index in [0.29, 0.717) is 24.8 Å². The van der Waals surface area contributed by atoms with E-state index in [4.69, 9.17) is 5.11 Å². The standard InChI is InChI=1S/C16H22O4/c17-11-14(18)10-12-4-6-13(7-5-12)15(19)16(20)8-2-1-3-9-16/h4-7,14,17-18,20H,1-3,8-11H2. The molecule has 0 aliphatic heterocycles. The number of hydrogen-bond donors (Lipinski definition) is 3. The van der Waals surface area contributed by atoms with Crippen LogP contribution in [0.25, 0.3) is 0 Å². The van der Waals surface area contributed by atoms with Gasteiger partial charge in [-0.3, -0.25) is 4.79 Å². The van der Waals surface area contributed by atoms with Gasteiger partial charge < -0.3 is 15.3 Å². The molecule has 20 heavy (non-hydrogen) atoms. The second-order valence-electron chi connectivity index (χ2n) is 5.66. The minimum atomic E-state index is -1.20. The van der Waals surface area contributed by atoms with E-state index in [0.717, 1.165) is 24.8 Å². The fourth-order valence-corrected chi connectivity index (χ4v) is 2.76. The fourth-order valence-electron chi connectivity index (χ4n) is 2.76. The highest BCUT2D eigenvalue weighted by atomic mass is 16.3. The number of benzene rings is 1. The van der Waals surface area contributed by atoms with Gasteiger partial charge in [0, 0.05) is 12.0 Å². The maximum Gasteiger partial charge on any atom is 0.194 e. The molecule has 0 spiro atoms. The molecule has 110 valence electrons. The van der Waals surface area contributed by atoms with Crippen LogP contribution in [0, 0.1) is 0 Å². The van der Waals surface area contributed by atoms with Crippen molar-refractivity contribution in [2.45, 2.75) is 50.2 Å². The van der Waals surface area contributed by atoms with Crippen molar-refractivity contribution >= 4 is 5.78 Å². The van der Waals surface area contributed by atoms with E-state index < -0.39 is 11.7 Å². The summed E-state index contributed by atoms with van der Waals surface area (Å²) in [4.78, 5) is 12.4. The first-order chi connectivity index (χ1) is 9.55. The van der Waals surface area contributed by atoms with Crippen LogP contribution in [0.1, 0.15) is 48.0 Å². The van der Waals surface area contributed by atoms with E-state index >= 15 is 0 Å². The van der Waals surface area contributed by atoms with Crippen LogP contribution in [-0.2, 0) is 6.42 Å². The van der Waals surface area contributed by atoms with Crippen molar-refractivity contribution in [1.82, 2.24) is 0 Å². The molecule has 4 nitrogen and oxygen atoms in total. The molecule has 1 fully saturated rings. The molecule has 0 bridgehead atoms. The minimum absolute atomic E-state index is 0.202. The zero-order chi connectivity index (χ0) is 14.6. The van der Waals surface area contributed by atoms with Crippen molar-refractivity contribution in [3.63, 3.8) is 0 Å². The summed E-state index contributed by atoms with van der Waals surface area (Å²) in [5.74, 6) is -0.202. The molecular formula is C16H22O4. The van der Waals surface area contributed by atoms with Gasteiger partial charge in [-0.05, 0) is 18.4 Å². The zero-order valence-electron chi connectivity index (χ0n) is 11.6. The van der Waals surface area contributed by atoms with E-state index in [-0.39, 0.29) is 12.4 Å². The van der Waals surface area contributed by atoms with Gasteiger partial charge in [-0.15, -0.1) is 0 Å². The van der Waals surface area contributed by atoms with Gasteiger partial charge in [0.1, 0.15) is 5.60 Å². The topological polar surface area (TPSA) is 77.8 Å². The van der Waals surface area contributed by atoms with Crippen molar-refractivity contribution < 1.29 is 20.1 Å². The summed E-state index contributed by atoms with van der Waals surface area (Å²) in [7, 11) is 0. The SMILES string of the molecule is O=C(c1ccc(CC(O)CO)cc1)C1(O)CCCCC1. The number of hydrogen-bond acceptors (Lipinski definition) is 4. The fraction of sp³-hybridized carbons (Fsp3) is 0.562. The molecule has 2 rings (SSSR count). The van der Waals surface area contributed by atoms with Gasteiger partial charge >= 0.3 is 0 Å². The average Bonchev–Trinajstić information content (AvgIpc) is 2.48. The Labute approximate surface area is 119 Å². The highest BCUT2D eigenvalue weighted by molar-refractivity contribution is 6.02. The number of aliphatic hydroxyl groups is 3. The third-order valence-electron chi connectivity index (χ3n) is 4.00. The van der Waals surface area contributed by atoms with Crippen LogP contribution in [0.3, 0.4) is 0 Å². The first-order valence-electron chi connectivity index (χ1n) is 7.20. The Balaban J connectivity index is 2.07. The molecule has 0 amide bonds. The molecule has 3 N–H and O–H groups in total. The highest BCUT2D eigenvalue weighted by Crippen LogP contribution is 2.31. The molecule has 0 heterocycles. The van der Waals surface area contributed by atoms with E-state index in [1.54, 1.807) is 24.3 Å². The lowest BCUT2D eigenvalue weighted by Gasteiger charge is -2.30.